The molecule has 0 saturated carbocycles. The fourth-order valence-electron chi connectivity index (χ4n) is 1.29. The second kappa shape index (κ2) is 5.98. The van der Waals surface area contributed by atoms with Crippen molar-refractivity contribution in [3.8, 4) is 0 Å². The van der Waals surface area contributed by atoms with Crippen molar-refractivity contribution >= 4 is 5.91 Å². The van der Waals surface area contributed by atoms with Gasteiger partial charge in [0.2, 0.25) is 5.91 Å². The largest absolute Gasteiger partial charge is 0.384 e. The van der Waals surface area contributed by atoms with Gasteiger partial charge in [0.25, 0.3) is 0 Å². The molecule has 0 radical (unpaired) electrons. The van der Waals surface area contributed by atoms with Crippen LogP contribution in [0.1, 0.15) is 27.2 Å². The first-order valence-electron chi connectivity index (χ1n) is 4.89. The molecule has 0 saturated heterocycles. The van der Waals surface area contributed by atoms with Gasteiger partial charge in [-0.1, -0.05) is 6.92 Å². The molecule has 0 bridgehead atoms. The summed E-state index contributed by atoms with van der Waals surface area (Å²) >= 11 is 0. The summed E-state index contributed by atoms with van der Waals surface area (Å²) < 4.78 is 5.02. The Balaban J connectivity index is 3.80. The van der Waals surface area contributed by atoms with Crippen LogP contribution in [-0.4, -0.2) is 31.7 Å². The third-order valence-electron chi connectivity index (χ3n) is 2.00. The summed E-state index contributed by atoms with van der Waals surface area (Å²) in [6, 6.07) is 0. The maximum Gasteiger partial charge on any atom is 0.219 e. The van der Waals surface area contributed by atoms with Crippen molar-refractivity contribution in [3.63, 3.8) is 0 Å². The van der Waals surface area contributed by atoms with Crippen LogP contribution in [0, 0.1) is 5.92 Å². The highest BCUT2D eigenvalue weighted by Gasteiger charge is 2.20. The van der Waals surface area contributed by atoms with Crippen LogP contribution in [-0.2, 0) is 9.53 Å². The molecule has 0 heterocycles. The molecule has 84 valence electrons. The van der Waals surface area contributed by atoms with Gasteiger partial charge in [-0.3, -0.25) is 4.79 Å². The Morgan fingerprint density at radius 1 is 1.57 bits per heavy atom. The van der Waals surface area contributed by atoms with Gasteiger partial charge in [0, 0.05) is 32.2 Å². The lowest BCUT2D eigenvalue weighted by Gasteiger charge is -2.26. The van der Waals surface area contributed by atoms with Crippen molar-refractivity contribution in [2.45, 2.75) is 32.7 Å². The molecule has 4 heteroatoms. The summed E-state index contributed by atoms with van der Waals surface area (Å²) in [4.78, 5) is 10.7. The van der Waals surface area contributed by atoms with E-state index in [0.29, 0.717) is 12.3 Å². The first-order valence-corrected chi connectivity index (χ1v) is 4.89. The van der Waals surface area contributed by atoms with E-state index < -0.39 is 0 Å². The Labute approximate surface area is 86.2 Å². The van der Waals surface area contributed by atoms with Crippen LogP contribution < -0.4 is 11.1 Å². The lowest BCUT2D eigenvalue weighted by molar-refractivity contribution is -0.119. The van der Waals surface area contributed by atoms with Gasteiger partial charge in [0.1, 0.15) is 0 Å². The molecule has 1 unspecified atom stereocenters. The zero-order valence-electron chi connectivity index (χ0n) is 9.59. The molecule has 0 aliphatic rings. The predicted molar refractivity (Wildman–Crippen MR) is 56.9 cm³/mol. The smallest absolute Gasteiger partial charge is 0.219 e. The van der Waals surface area contributed by atoms with Crippen LogP contribution in [0.15, 0.2) is 0 Å². The van der Waals surface area contributed by atoms with Gasteiger partial charge < -0.3 is 15.8 Å². The number of carbonyl (C=O) groups is 1. The number of primary amides is 1. The van der Waals surface area contributed by atoms with Crippen LogP contribution >= 0.6 is 0 Å². The average Bonchev–Trinajstić information content (AvgIpc) is 1.99. The average molecular weight is 202 g/mol. The van der Waals surface area contributed by atoms with Crippen LogP contribution in [0.5, 0.6) is 0 Å². The van der Waals surface area contributed by atoms with E-state index in [9.17, 15) is 4.79 Å². The number of nitrogens with one attached hydrogen (secondary N) is 1. The standard InChI is InChI=1S/C10H22N2O2/c1-8(7-14-4)6-12-10(2,3)5-9(11)13/h8,12H,5-7H2,1-4H3,(H2,11,13). The number of amides is 1. The van der Waals surface area contributed by atoms with Crippen molar-refractivity contribution in [2.24, 2.45) is 11.7 Å². The number of carbonyl (C=O) groups excluding carboxylic acids is 1. The third-order valence-corrected chi connectivity index (χ3v) is 2.00. The number of hydrogen-bond donors (Lipinski definition) is 2. The van der Waals surface area contributed by atoms with E-state index in [1.165, 1.54) is 0 Å². The van der Waals surface area contributed by atoms with Crippen molar-refractivity contribution in [1.29, 1.82) is 0 Å². The third kappa shape index (κ3) is 6.86. The molecule has 0 aromatic heterocycles. The van der Waals surface area contributed by atoms with Crippen molar-refractivity contribution < 1.29 is 9.53 Å². The van der Waals surface area contributed by atoms with E-state index in [2.05, 4.69) is 12.2 Å². The predicted octanol–water partition coefficient (Wildman–Crippen LogP) is 0.513. The first kappa shape index (κ1) is 13.4. The van der Waals surface area contributed by atoms with Gasteiger partial charge in [0.15, 0.2) is 0 Å². The van der Waals surface area contributed by atoms with Crippen LogP contribution in [0.4, 0.5) is 0 Å². The topological polar surface area (TPSA) is 64.3 Å². The van der Waals surface area contributed by atoms with Gasteiger partial charge in [-0.15, -0.1) is 0 Å². The van der Waals surface area contributed by atoms with E-state index in [-0.39, 0.29) is 11.4 Å². The number of rotatable bonds is 7. The van der Waals surface area contributed by atoms with Gasteiger partial charge in [-0.25, -0.2) is 0 Å². The Bertz CT molecular complexity index is 181. The first-order chi connectivity index (χ1) is 6.37. The molecule has 0 aliphatic carbocycles. The van der Waals surface area contributed by atoms with E-state index in [1.807, 2.05) is 13.8 Å². The molecule has 0 aromatic rings. The summed E-state index contributed by atoms with van der Waals surface area (Å²) in [5.41, 5.74) is 4.91. The minimum Gasteiger partial charge on any atom is -0.384 e. The Kier molecular flexibility index (Phi) is 5.72. The molecule has 3 N–H and O–H groups in total. The number of methoxy groups -OCH3 is 1. The molecule has 1 atom stereocenters. The highest BCUT2D eigenvalue weighted by molar-refractivity contribution is 5.74. The summed E-state index contributed by atoms with van der Waals surface area (Å²) in [7, 11) is 1.69. The lowest BCUT2D eigenvalue weighted by Crippen LogP contribution is -2.44. The van der Waals surface area contributed by atoms with Crippen molar-refractivity contribution in [1.82, 2.24) is 5.32 Å². The quantitative estimate of drug-likeness (QED) is 0.632. The molecule has 14 heavy (non-hydrogen) atoms. The summed E-state index contributed by atoms with van der Waals surface area (Å²) in [5.74, 6) is 0.161. The Morgan fingerprint density at radius 3 is 2.57 bits per heavy atom. The number of hydrogen-bond acceptors (Lipinski definition) is 3. The summed E-state index contributed by atoms with van der Waals surface area (Å²) in [6.45, 7) is 7.58. The zero-order chi connectivity index (χ0) is 11.2. The molecule has 4 nitrogen and oxygen atoms in total. The number of ether oxygens (including phenoxy) is 1. The van der Waals surface area contributed by atoms with Gasteiger partial charge in [0.05, 0.1) is 0 Å². The van der Waals surface area contributed by atoms with Crippen molar-refractivity contribution in [3.05, 3.63) is 0 Å². The van der Waals surface area contributed by atoms with E-state index in [0.717, 1.165) is 13.2 Å². The molecule has 1 amide bonds. The molecule has 0 aromatic carbocycles. The molecular formula is C10H22N2O2. The second-order valence-electron chi connectivity index (χ2n) is 4.47. The summed E-state index contributed by atoms with van der Waals surface area (Å²) in [6.07, 6.45) is 0.354. The number of nitrogens with two attached hydrogens (primary N) is 1. The van der Waals surface area contributed by atoms with Crippen molar-refractivity contribution in [2.75, 3.05) is 20.3 Å². The van der Waals surface area contributed by atoms with Crippen LogP contribution in [0.3, 0.4) is 0 Å². The molecule has 0 spiro atoms. The highest BCUT2D eigenvalue weighted by atomic mass is 16.5. The maximum atomic E-state index is 10.7. The highest BCUT2D eigenvalue weighted by Crippen LogP contribution is 2.08. The van der Waals surface area contributed by atoms with Gasteiger partial charge in [-0.05, 0) is 19.8 Å². The fourth-order valence-corrected chi connectivity index (χ4v) is 1.29. The van der Waals surface area contributed by atoms with Crippen LogP contribution in [0.25, 0.3) is 0 Å². The Morgan fingerprint density at radius 2 is 2.14 bits per heavy atom. The normalized spacial score (nSPS) is 14.0. The molecule has 0 aliphatic heterocycles. The second-order valence-corrected chi connectivity index (χ2v) is 4.47. The van der Waals surface area contributed by atoms with E-state index >= 15 is 0 Å². The minimum absolute atomic E-state index is 0.228. The zero-order valence-corrected chi connectivity index (χ0v) is 9.59. The maximum absolute atomic E-state index is 10.7. The van der Waals surface area contributed by atoms with Crippen LogP contribution in [0.2, 0.25) is 0 Å². The minimum atomic E-state index is -0.276. The van der Waals surface area contributed by atoms with Gasteiger partial charge in [-0.2, -0.15) is 0 Å². The Hall–Kier alpha value is -0.610. The van der Waals surface area contributed by atoms with Gasteiger partial charge >= 0.3 is 0 Å². The van der Waals surface area contributed by atoms with E-state index in [4.69, 9.17) is 10.5 Å². The monoisotopic (exact) mass is 202 g/mol. The summed E-state index contributed by atoms with van der Waals surface area (Å²) in [5, 5.41) is 3.29. The van der Waals surface area contributed by atoms with E-state index in [1.54, 1.807) is 7.11 Å². The molecule has 0 fully saturated rings. The lowest BCUT2D eigenvalue weighted by atomic mass is 9.99. The SMILES string of the molecule is COCC(C)CNC(C)(C)CC(N)=O. The fraction of sp³-hybridized carbons (Fsp3) is 0.900. The molecule has 0 rings (SSSR count). The molecular weight excluding hydrogens is 180 g/mol.